The minimum Gasteiger partial charge on any atom is -0.466 e. The molecule has 206 valence electrons. The Balaban J connectivity index is 0. The van der Waals surface area contributed by atoms with Gasteiger partial charge in [-0.05, 0) is 12.8 Å². The second kappa shape index (κ2) is 32.4. The van der Waals surface area contributed by atoms with Crippen LogP contribution in [-0.2, 0) is 9.53 Å². The Hall–Kier alpha value is -0.650. The number of hydrogen-bond acceptors (Lipinski definition) is 5. The Morgan fingerprint density at radius 3 is 1.21 bits per heavy atom. The van der Waals surface area contributed by atoms with E-state index < -0.39 is 6.10 Å². The van der Waals surface area contributed by atoms with Crippen LogP contribution in [-0.4, -0.2) is 47.2 Å². The molecule has 34 heavy (non-hydrogen) atoms. The van der Waals surface area contributed by atoms with Gasteiger partial charge in [0.25, 0.3) is 0 Å². The van der Waals surface area contributed by atoms with Crippen LogP contribution in [0.2, 0.25) is 0 Å². The van der Waals surface area contributed by atoms with E-state index in [4.69, 9.17) is 20.1 Å². The van der Waals surface area contributed by atoms with Crippen LogP contribution in [0.15, 0.2) is 0 Å². The average molecular weight is 489 g/mol. The number of aliphatic hydroxyl groups excluding tert-OH is 3. The smallest absolute Gasteiger partial charge is 0.305 e. The molecule has 0 bridgehead atoms. The molecule has 0 radical (unpaired) electrons. The van der Waals surface area contributed by atoms with E-state index in [0.29, 0.717) is 13.0 Å². The summed E-state index contributed by atoms with van der Waals surface area (Å²) >= 11 is 0. The average Bonchev–Trinajstić information content (AvgIpc) is 2.85. The van der Waals surface area contributed by atoms with Crippen LogP contribution in [0.3, 0.4) is 0 Å². The zero-order valence-electron chi connectivity index (χ0n) is 22.9. The third kappa shape index (κ3) is 33.5. The van der Waals surface area contributed by atoms with Crippen LogP contribution in [0.4, 0.5) is 0 Å². The van der Waals surface area contributed by atoms with Crippen molar-refractivity contribution in [1.29, 1.82) is 0 Å². The number of carbonyl (C=O) groups excluding carboxylic acids is 1. The molecule has 0 amide bonds. The number of hydrogen-bond donors (Lipinski definition) is 3. The van der Waals surface area contributed by atoms with Crippen molar-refractivity contribution in [2.45, 2.75) is 161 Å². The third-order valence-corrected chi connectivity index (χ3v) is 6.17. The molecule has 0 spiro atoms. The standard InChI is InChI=1S/C26H52O2.C3H8O3/c1-3-5-7-9-11-13-14-15-16-17-18-20-22-24-26(27)28-25-23-21-19-12-10-8-6-4-2;4-1-3(6)2-5/h3-25H2,1-2H3;3-6H,1-2H2. The molecule has 0 atom stereocenters. The van der Waals surface area contributed by atoms with Gasteiger partial charge in [-0.3, -0.25) is 4.79 Å². The highest BCUT2D eigenvalue weighted by atomic mass is 16.5. The van der Waals surface area contributed by atoms with E-state index in [1.54, 1.807) is 0 Å². The van der Waals surface area contributed by atoms with Gasteiger partial charge >= 0.3 is 5.97 Å². The Labute approximate surface area is 212 Å². The van der Waals surface area contributed by atoms with E-state index in [0.717, 1.165) is 12.8 Å². The maximum absolute atomic E-state index is 11.7. The summed E-state index contributed by atoms with van der Waals surface area (Å²) in [6, 6.07) is 0. The van der Waals surface area contributed by atoms with Crippen LogP contribution in [0.25, 0.3) is 0 Å². The number of aliphatic hydroxyl groups is 3. The minimum absolute atomic E-state index is 0.0195. The van der Waals surface area contributed by atoms with Crippen molar-refractivity contribution in [2.24, 2.45) is 0 Å². The predicted molar refractivity (Wildman–Crippen MR) is 144 cm³/mol. The number of unbranched alkanes of at least 4 members (excludes halogenated alkanes) is 19. The highest BCUT2D eigenvalue weighted by molar-refractivity contribution is 5.69. The molecule has 5 nitrogen and oxygen atoms in total. The van der Waals surface area contributed by atoms with Crippen molar-refractivity contribution in [2.75, 3.05) is 19.8 Å². The minimum atomic E-state index is -0.954. The first kappa shape index (κ1) is 35.5. The molecule has 0 saturated heterocycles. The molecule has 0 rings (SSSR count). The molecule has 0 aromatic rings. The molecular formula is C29H60O5. The molecule has 0 unspecified atom stereocenters. The number of rotatable bonds is 25. The van der Waals surface area contributed by atoms with Crippen LogP contribution in [0.1, 0.15) is 155 Å². The molecule has 0 aromatic carbocycles. The first-order valence-electron chi connectivity index (χ1n) is 14.7. The summed E-state index contributed by atoms with van der Waals surface area (Å²) < 4.78 is 5.36. The van der Waals surface area contributed by atoms with Crippen LogP contribution in [0.5, 0.6) is 0 Å². The fraction of sp³-hybridized carbons (Fsp3) is 0.966. The van der Waals surface area contributed by atoms with Crippen molar-refractivity contribution >= 4 is 5.97 Å². The molecule has 0 aliphatic rings. The largest absolute Gasteiger partial charge is 0.466 e. The van der Waals surface area contributed by atoms with Gasteiger partial charge in [0.15, 0.2) is 0 Å². The summed E-state index contributed by atoms with van der Waals surface area (Å²) in [6.07, 6.45) is 27.4. The van der Waals surface area contributed by atoms with Gasteiger partial charge in [-0.1, -0.05) is 136 Å². The maximum atomic E-state index is 11.7. The molecular weight excluding hydrogens is 428 g/mol. The molecule has 0 fully saturated rings. The van der Waals surface area contributed by atoms with Crippen molar-refractivity contribution in [3.63, 3.8) is 0 Å². The molecule has 0 aliphatic heterocycles. The molecule has 0 heterocycles. The Kier molecular flexibility index (Phi) is 33.8. The Morgan fingerprint density at radius 2 is 0.882 bits per heavy atom. The number of esters is 1. The SMILES string of the molecule is CCCCCCCCCCCCCCCC(=O)OCCCCCCCCCC.OCC(O)CO. The molecule has 3 N–H and O–H groups in total. The highest BCUT2D eigenvalue weighted by Gasteiger charge is 2.02. The Bertz CT molecular complexity index is 372. The van der Waals surface area contributed by atoms with Gasteiger partial charge in [0, 0.05) is 6.42 Å². The number of ether oxygens (including phenoxy) is 1. The van der Waals surface area contributed by atoms with Crippen molar-refractivity contribution < 1.29 is 24.9 Å². The van der Waals surface area contributed by atoms with Gasteiger partial charge in [-0.15, -0.1) is 0 Å². The molecule has 0 aliphatic carbocycles. The van der Waals surface area contributed by atoms with Gasteiger partial charge in [0.1, 0.15) is 6.10 Å². The highest BCUT2D eigenvalue weighted by Crippen LogP contribution is 2.13. The van der Waals surface area contributed by atoms with Crippen LogP contribution < -0.4 is 0 Å². The lowest BCUT2D eigenvalue weighted by Gasteiger charge is -2.05. The molecule has 0 saturated carbocycles. The van der Waals surface area contributed by atoms with Crippen molar-refractivity contribution in [3.8, 4) is 0 Å². The van der Waals surface area contributed by atoms with Gasteiger partial charge in [-0.25, -0.2) is 0 Å². The zero-order chi connectivity index (χ0) is 25.5. The fourth-order valence-electron chi connectivity index (χ4n) is 3.84. The third-order valence-electron chi connectivity index (χ3n) is 6.17. The van der Waals surface area contributed by atoms with E-state index >= 15 is 0 Å². The maximum Gasteiger partial charge on any atom is 0.305 e. The molecule has 0 aromatic heterocycles. The van der Waals surface area contributed by atoms with Gasteiger partial charge in [-0.2, -0.15) is 0 Å². The first-order valence-corrected chi connectivity index (χ1v) is 14.7. The normalized spacial score (nSPS) is 10.9. The van der Waals surface area contributed by atoms with Crippen molar-refractivity contribution in [3.05, 3.63) is 0 Å². The lowest BCUT2D eigenvalue weighted by atomic mass is 10.0. The van der Waals surface area contributed by atoms with Crippen LogP contribution in [0, 0.1) is 0 Å². The first-order chi connectivity index (χ1) is 16.6. The topological polar surface area (TPSA) is 87.0 Å². The summed E-state index contributed by atoms with van der Waals surface area (Å²) in [7, 11) is 0. The Morgan fingerprint density at radius 1 is 0.559 bits per heavy atom. The summed E-state index contributed by atoms with van der Waals surface area (Å²) in [6.45, 7) is 4.44. The fourth-order valence-corrected chi connectivity index (χ4v) is 3.84. The summed E-state index contributed by atoms with van der Waals surface area (Å²) in [5.74, 6) is 0.0195. The number of carbonyl (C=O) groups is 1. The van der Waals surface area contributed by atoms with E-state index in [1.165, 1.54) is 122 Å². The summed E-state index contributed by atoms with van der Waals surface area (Å²) in [5.41, 5.74) is 0. The van der Waals surface area contributed by atoms with Gasteiger partial charge in [0.2, 0.25) is 0 Å². The van der Waals surface area contributed by atoms with Gasteiger partial charge in [0.05, 0.1) is 19.8 Å². The predicted octanol–water partition coefficient (Wildman–Crippen LogP) is 7.48. The molecule has 5 heteroatoms. The van der Waals surface area contributed by atoms with Crippen molar-refractivity contribution in [1.82, 2.24) is 0 Å². The lowest BCUT2D eigenvalue weighted by molar-refractivity contribution is -0.143. The monoisotopic (exact) mass is 488 g/mol. The van der Waals surface area contributed by atoms with E-state index in [1.807, 2.05) is 0 Å². The second-order valence-corrected chi connectivity index (χ2v) is 9.71. The summed E-state index contributed by atoms with van der Waals surface area (Å²) in [5, 5.41) is 24.0. The summed E-state index contributed by atoms with van der Waals surface area (Å²) in [4.78, 5) is 11.7. The van der Waals surface area contributed by atoms with E-state index in [9.17, 15) is 4.79 Å². The second-order valence-electron chi connectivity index (χ2n) is 9.71. The van der Waals surface area contributed by atoms with Crippen LogP contribution >= 0.6 is 0 Å². The van der Waals surface area contributed by atoms with Gasteiger partial charge < -0.3 is 20.1 Å². The lowest BCUT2D eigenvalue weighted by Crippen LogP contribution is -2.15. The quantitative estimate of drug-likeness (QED) is 0.0915. The zero-order valence-corrected chi connectivity index (χ0v) is 22.9. The van der Waals surface area contributed by atoms with E-state index in [2.05, 4.69) is 13.8 Å². The van der Waals surface area contributed by atoms with E-state index in [-0.39, 0.29) is 19.2 Å².